The number of rotatable bonds is 6. The predicted molar refractivity (Wildman–Crippen MR) is 77.4 cm³/mol. The van der Waals surface area contributed by atoms with Crippen molar-refractivity contribution < 1.29 is 13.2 Å². The van der Waals surface area contributed by atoms with Gasteiger partial charge in [-0.25, -0.2) is 8.42 Å². The molecule has 0 atom stereocenters. The average Bonchev–Trinajstić information content (AvgIpc) is 2.27. The van der Waals surface area contributed by atoms with Crippen LogP contribution in [0, 0.1) is 13.8 Å². The summed E-state index contributed by atoms with van der Waals surface area (Å²) in [6, 6.07) is 3.28. The van der Waals surface area contributed by atoms with Crippen molar-refractivity contribution in [2.45, 2.75) is 25.7 Å². The van der Waals surface area contributed by atoms with Gasteiger partial charge in [-0.2, -0.15) is 11.8 Å². The van der Waals surface area contributed by atoms with E-state index >= 15 is 0 Å². The molecule has 3 nitrogen and oxygen atoms in total. The smallest absolute Gasteiger partial charge is 0.261 e. The summed E-state index contributed by atoms with van der Waals surface area (Å²) >= 11 is 1.80. The number of hydrogen-bond acceptors (Lipinski definition) is 4. The van der Waals surface area contributed by atoms with Crippen LogP contribution in [0.4, 0.5) is 0 Å². The van der Waals surface area contributed by atoms with Gasteiger partial charge in [0.15, 0.2) is 0 Å². The van der Waals surface area contributed by atoms with Crippen LogP contribution < -0.4 is 4.74 Å². The Morgan fingerprint density at radius 3 is 2.50 bits per heavy atom. The lowest BCUT2D eigenvalue weighted by Crippen LogP contribution is -2.04. The molecule has 0 aliphatic heterocycles. The fraction of sp³-hybridized carbons (Fsp3) is 0.500. The molecule has 0 aliphatic carbocycles. The van der Waals surface area contributed by atoms with Crippen LogP contribution in [0.5, 0.6) is 5.75 Å². The van der Waals surface area contributed by atoms with Gasteiger partial charge in [0.05, 0.1) is 11.5 Å². The van der Waals surface area contributed by atoms with Crippen LogP contribution in [0.15, 0.2) is 17.0 Å². The highest BCUT2D eigenvalue weighted by molar-refractivity contribution is 8.13. The molecule has 0 unspecified atom stereocenters. The van der Waals surface area contributed by atoms with Crippen LogP contribution >= 0.6 is 22.4 Å². The molecule has 0 aliphatic rings. The average molecular weight is 309 g/mol. The summed E-state index contributed by atoms with van der Waals surface area (Å²) in [5, 5.41) is 0. The largest absolute Gasteiger partial charge is 0.492 e. The van der Waals surface area contributed by atoms with E-state index in [2.05, 4.69) is 6.92 Å². The van der Waals surface area contributed by atoms with Crippen LogP contribution in [0.25, 0.3) is 0 Å². The summed E-state index contributed by atoms with van der Waals surface area (Å²) in [5.74, 6) is 2.70. The third kappa shape index (κ3) is 4.37. The van der Waals surface area contributed by atoms with Crippen molar-refractivity contribution in [2.24, 2.45) is 0 Å². The lowest BCUT2D eigenvalue weighted by Gasteiger charge is -2.11. The lowest BCUT2D eigenvalue weighted by molar-refractivity contribution is 0.341. The van der Waals surface area contributed by atoms with E-state index in [4.69, 9.17) is 15.4 Å². The van der Waals surface area contributed by atoms with E-state index in [1.165, 1.54) is 0 Å². The highest BCUT2D eigenvalue weighted by atomic mass is 35.7. The predicted octanol–water partition coefficient (Wildman–Crippen LogP) is 3.36. The molecule has 0 heterocycles. The van der Waals surface area contributed by atoms with Crippen molar-refractivity contribution in [1.29, 1.82) is 0 Å². The Kier molecular flexibility index (Phi) is 5.82. The Hall–Kier alpha value is -0.390. The summed E-state index contributed by atoms with van der Waals surface area (Å²) < 4.78 is 28.3. The Balaban J connectivity index is 2.87. The van der Waals surface area contributed by atoms with E-state index in [9.17, 15) is 8.42 Å². The molecule has 1 rings (SSSR count). The monoisotopic (exact) mass is 308 g/mol. The second kappa shape index (κ2) is 6.68. The van der Waals surface area contributed by atoms with E-state index in [-0.39, 0.29) is 4.90 Å². The summed E-state index contributed by atoms with van der Waals surface area (Å²) in [6.07, 6.45) is 0. The summed E-state index contributed by atoms with van der Waals surface area (Å²) in [4.78, 5) is 0.150. The SMILES string of the molecule is CCSCCOc1cc(C)c(S(=O)(=O)Cl)cc1C. The zero-order valence-electron chi connectivity index (χ0n) is 10.7. The Labute approximate surface area is 117 Å². The first kappa shape index (κ1) is 15.7. The second-order valence-corrected chi connectivity index (χ2v) is 7.79. The Morgan fingerprint density at radius 1 is 1.28 bits per heavy atom. The number of thioether (sulfide) groups is 1. The number of aryl methyl sites for hydroxylation is 2. The maximum absolute atomic E-state index is 11.3. The number of ether oxygens (including phenoxy) is 1. The van der Waals surface area contributed by atoms with Crippen molar-refractivity contribution in [3.05, 3.63) is 23.3 Å². The molecule has 102 valence electrons. The third-order valence-electron chi connectivity index (χ3n) is 2.42. The highest BCUT2D eigenvalue weighted by Crippen LogP contribution is 2.27. The van der Waals surface area contributed by atoms with E-state index in [1.807, 2.05) is 6.92 Å². The lowest BCUT2D eigenvalue weighted by atomic mass is 10.1. The molecule has 0 bridgehead atoms. The van der Waals surface area contributed by atoms with Crippen molar-refractivity contribution >= 4 is 31.5 Å². The highest BCUT2D eigenvalue weighted by Gasteiger charge is 2.15. The van der Waals surface area contributed by atoms with Gasteiger partial charge in [0.1, 0.15) is 5.75 Å². The molecule has 0 spiro atoms. The minimum atomic E-state index is -3.69. The normalized spacial score (nSPS) is 11.6. The van der Waals surface area contributed by atoms with Gasteiger partial charge in [-0.05, 0) is 42.9 Å². The van der Waals surface area contributed by atoms with E-state index < -0.39 is 9.05 Å². The fourth-order valence-corrected chi connectivity index (χ4v) is 3.29. The van der Waals surface area contributed by atoms with Crippen LogP contribution in [-0.4, -0.2) is 26.5 Å². The van der Waals surface area contributed by atoms with Crippen LogP contribution in [0.3, 0.4) is 0 Å². The maximum Gasteiger partial charge on any atom is 0.261 e. The molecule has 0 aromatic heterocycles. The molecule has 0 N–H and O–H groups in total. The zero-order valence-corrected chi connectivity index (χ0v) is 13.1. The van der Waals surface area contributed by atoms with Crippen molar-refractivity contribution in [3.8, 4) is 5.75 Å². The second-order valence-electron chi connectivity index (χ2n) is 3.87. The van der Waals surface area contributed by atoms with Gasteiger partial charge in [0.25, 0.3) is 9.05 Å². The van der Waals surface area contributed by atoms with Gasteiger partial charge in [0, 0.05) is 16.4 Å². The van der Waals surface area contributed by atoms with Crippen LogP contribution in [0.1, 0.15) is 18.1 Å². The standard InChI is InChI=1S/C12H17ClO3S2/c1-4-17-6-5-16-11-7-10(3)12(8-9(11)2)18(13,14)15/h7-8H,4-6H2,1-3H3. The number of hydrogen-bond donors (Lipinski definition) is 0. The minimum absolute atomic E-state index is 0.150. The molecular formula is C12H17ClO3S2. The van der Waals surface area contributed by atoms with Gasteiger partial charge >= 0.3 is 0 Å². The first-order valence-corrected chi connectivity index (χ1v) is 9.09. The Morgan fingerprint density at radius 2 is 1.94 bits per heavy atom. The molecule has 6 heteroatoms. The van der Waals surface area contributed by atoms with Gasteiger partial charge in [-0.3, -0.25) is 0 Å². The van der Waals surface area contributed by atoms with E-state index in [1.54, 1.807) is 30.8 Å². The zero-order chi connectivity index (χ0) is 13.8. The number of benzene rings is 1. The molecule has 18 heavy (non-hydrogen) atoms. The van der Waals surface area contributed by atoms with Crippen LogP contribution in [0.2, 0.25) is 0 Å². The van der Waals surface area contributed by atoms with Gasteiger partial charge in [-0.15, -0.1) is 0 Å². The molecule has 0 radical (unpaired) electrons. The van der Waals surface area contributed by atoms with Gasteiger partial charge in [-0.1, -0.05) is 6.92 Å². The van der Waals surface area contributed by atoms with E-state index in [0.29, 0.717) is 17.9 Å². The summed E-state index contributed by atoms with van der Waals surface area (Å²) in [7, 11) is 1.67. The Bertz CT molecular complexity index is 512. The van der Waals surface area contributed by atoms with Crippen LogP contribution in [-0.2, 0) is 9.05 Å². The summed E-state index contributed by atoms with van der Waals surface area (Å²) in [6.45, 7) is 6.24. The van der Waals surface area contributed by atoms with Crippen molar-refractivity contribution in [2.75, 3.05) is 18.1 Å². The van der Waals surface area contributed by atoms with Crippen molar-refractivity contribution in [1.82, 2.24) is 0 Å². The molecule has 1 aromatic carbocycles. The van der Waals surface area contributed by atoms with Gasteiger partial charge < -0.3 is 4.74 Å². The molecule has 0 saturated carbocycles. The molecule has 0 amide bonds. The summed E-state index contributed by atoms with van der Waals surface area (Å²) in [5.41, 5.74) is 1.38. The number of halogens is 1. The quantitative estimate of drug-likeness (QED) is 0.597. The van der Waals surface area contributed by atoms with Crippen molar-refractivity contribution in [3.63, 3.8) is 0 Å². The molecular weight excluding hydrogens is 292 g/mol. The fourth-order valence-electron chi connectivity index (χ4n) is 1.54. The van der Waals surface area contributed by atoms with E-state index in [0.717, 1.165) is 17.1 Å². The minimum Gasteiger partial charge on any atom is -0.492 e. The topological polar surface area (TPSA) is 43.4 Å². The van der Waals surface area contributed by atoms with Gasteiger partial charge in [0.2, 0.25) is 0 Å². The molecule has 0 fully saturated rings. The first-order chi connectivity index (χ1) is 8.36. The molecule has 1 aromatic rings. The molecule has 0 saturated heterocycles. The third-order valence-corrected chi connectivity index (χ3v) is 4.75. The maximum atomic E-state index is 11.3. The first-order valence-electron chi connectivity index (χ1n) is 5.62.